The lowest BCUT2D eigenvalue weighted by Gasteiger charge is -2.17. The van der Waals surface area contributed by atoms with Gasteiger partial charge in [0.05, 0.1) is 26.4 Å². The highest BCUT2D eigenvalue weighted by atomic mass is 35.5. The molecule has 0 saturated carbocycles. The molecule has 0 aliphatic carbocycles. The molecule has 0 bridgehead atoms. The molecule has 0 fully saturated rings. The van der Waals surface area contributed by atoms with Crippen LogP contribution in [0.4, 0.5) is 0 Å². The minimum absolute atomic E-state index is 0.169. The average molecular weight is 513 g/mol. The van der Waals surface area contributed by atoms with Crippen LogP contribution in [0.3, 0.4) is 0 Å². The van der Waals surface area contributed by atoms with Crippen LogP contribution < -0.4 is 15.0 Å². The topological polar surface area (TPSA) is 49.0 Å². The highest BCUT2D eigenvalue weighted by Gasteiger charge is 2.11. The standard InChI is InChI=1S/C22H29Cl4NO4/c1-3-17-15-19(29-13-7-20(23)24)16-18(4-2)22(17)30-12-6-11-28-10-5-9-27-31-14-8-21(25)26/h5,7-9,15-16,27H,3-4,6,10-14H2,1-2H3. The van der Waals surface area contributed by atoms with Crippen molar-refractivity contribution in [2.45, 2.75) is 33.1 Å². The van der Waals surface area contributed by atoms with Crippen molar-refractivity contribution in [3.05, 3.63) is 56.7 Å². The lowest BCUT2D eigenvalue weighted by atomic mass is 10.0. The van der Waals surface area contributed by atoms with Gasteiger partial charge in [-0.05, 0) is 54.3 Å². The third-order valence-electron chi connectivity index (χ3n) is 3.95. The second-order valence-electron chi connectivity index (χ2n) is 6.18. The quantitative estimate of drug-likeness (QED) is 0.198. The summed E-state index contributed by atoms with van der Waals surface area (Å²) in [5.74, 6) is 1.71. The van der Waals surface area contributed by atoms with E-state index in [0.717, 1.165) is 41.9 Å². The van der Waals surface area contributed by atoms with Crippen LogP contribution in [-0.4, -0.2) is 33.0 Å². The van der Waals surface area contributed by atoms with Gasteiger partial charge in [-0.3, -0.25) is 10.3 Å². The van der Waals surface area contributed by atoms with Gasteiger partial charge in [-0.2, -0.15) is 0 Å². The molecule has 1 rings (SSSR count). The van der Waals surface area contributed by atoms with Gasteiger partial charge in [0, 0.05) is 12.6 Å². The molecule has 0 amide bonds. The van der Waals surface area contributed by atoms with Gasteiger partial charge in [0.25, 0.3) is 0 Å². The molecular weight excluding hydrogens is 484 g/mol. The van der Waals surface area contributed by atoms with E-state index in [1.165, 1.54) is 6.08 Å². The molecule has 31 heavy (non-hydrogen) atoms. The van der Waals surface area contributed by atoms with Crippen molar-refractivity contribution in [1.29, 1.82) is 0 Å². The predicted octanol–water partition coefficient (Wildman–Crippen LogP) is 6.65. The van der Waals surface area contributed by atoms with Gasteiger partial charge < -0.3 is 14.2 Å². The summed E-state index contributed by atoms with van der Waals surface area (Å²) in [5, 5.41) is 0. The predicted molar refractivity (Wildman–Crippen MR) is 129 cm³/mol. The van der Waals surface area contributed by atoms with Crippen LogP contribution in [-0.2, 0) is 22.4 Å². The van der Waals surface area contributed by atoms with E-state index in [4.69, 9.17) is 65.5 Å². The molecule has 0 atom stereocenters. The first-order valence-electron chi connectivity index (χ1n) is 10.0. The van der Waals surface area contributed by atoms with Crippen LogP contribution in [0.2, 0.25) is 0 Å². The number of ether oxygens (including phenoxy) is 3. The molecule has 0 aromatic heterocycles. The van der Waals surface area contributed by atoms with Crippen LogP contribution in [0.5, 0.6) is 11.5 Å². The summed E-state index contributed by atoms with van der Waals surface area (Å²) in [4.78, 5) is 5.04. The number of hydrogen-bond donors (Lipinski definition) is 1. The first-order chi connectivity index (χ1) is 15.0. The number of aryl methyl sites for hydroxylation is 2. The van der Waals surface area contributed by atoms with E-state index in [2.05, 4.69) is 19.3 Å². The lowest BCUT2D eigenvalue weighted by molar-refractivity contribution is 0.0936. The molecule has 0 spiro atoms. The van der Waals surface area contributed by atoms with Gasteiger partial charge >= 0.3 is 0 Å². The summed E-state index contributed by atoms with van der Waals surface area (Å²) >= 11 is 22.2. The molecule has 0 unspecified atom stereocenters. The number of benzene rings is 1. The Bertz CT molecular complexity index is 705. The zero-order valence-electron chi connectivity index (χ0n) is 17.8. The van der Waals surface area contributed by atoms with Crippen LogP contribution >= 0.6 is 46.4 Å². The van der Waals surface area contributed by atoms with E-state index < -0.39 is 0 Å². The minimum Gasteiger partial charge on any atom is -0.493 e. The van der Waals surface area contributed by atoms with E-state index in [1.807, 2.05) is 18.2 Å². The molecule has 1 N–H and O–H groups in total. The molecule has 5 nitrogen and oxygen atoms in total. The van der Waals surface area contributed by atoms with E-state index in [0.29, 0.717) is 26.4 Å². The summed E-state index contributed by atoms with van der Waals surface area (Å²) in [7, 11) is 0. The first kappa shape index (κ1) is 28.0. The van der Waals surface area contributed by atoms with Crippen molar-refractivity contribution < 1.29 is 19.0 Å². The van der Waals surface area contributed by atoms with Crippen molar-refractivity contribution in [2.75, 3.05) is 33.0 Å². The maximum Gasteiger partial charge on any atom is 0.125 e. The smallest absolute Gasteiger partial charge is 0.125 e. The fraction of sp³-hybridized carbons (Fsp3) is 0.455. The SMILES string of the molecule is CCc1cc(OCC=C(Cl)Cl)cc(CC)c1OCCCOCC=CNOCC=C(Cl)Cl. The molecule has 0 radical (unpaired) electrons. The molecule has 1 aromatic carbocycles. The summed E-state index contributed by atoms with van der Waals surface area (Å²) < 4.78 is 17.7. The molecule has 174 valence electrons. The van der Waals surface area contributed by atoms with Crippen molar-refractivity contribution in [3.8, 4) is 11.5 Å². The van der Waals surface area contributed by atoms with Crippen molar-refractivity contribution in [1.82, 2.24) is 5.48 Å². The Morgan fingerprint density at radius 2 is 1.52 bits per heavy atom. The maximum absolute atomic E-state index is 6.07. The molecule has 1 aromatic rings. The van der Waals surface area contributed by atoms with Gasteiger partial charge in [0.1, 0.15) is 27.1 Å². The first-order valence-corrected chi connectivity index (χ1v) is 11.5. The molecule has 0 aliphatic heterocycles. The van der Waals surface area contributed by atoms with Crippen LogP contribution in [0.25, 0.3) is 0 Å². The van der Waals surface area contributed by atoms with Crippen LogP contribution in [0, 0.1) is 0 Å². The van der Waals surface area contributed by atoms with Crippen molar-refractivity contribution in [3.63, 3.8) is 0 Å². The van der Waals surface area contributed by atoms with Gasteiger partial charge in [0.15, 0.2) is 0 Å². The summed E-state index contributed by atoms with van der Waals surface area (Å²) in [6.07, 6.45) is 9.06. The van der Waals surface area contributed by atoms with Crippen LogP contribution in [0.1, 0.15) is 31.4 Å². The minimum atomic E-state index is 0.169. The highest BCUT2D eigenvalue weighted by Crippen LogP contribution is 2.31. The third kappa shape index (κ3) is 13.2. The summed E-state index contributed by atoms with van der Waals surface area (Å²) in [5.41, 5.74) is 4.85. The Morgan fingerprint density at radius 1 is 0.871 bits per heavy atom. The van der Waals surface area contributed by atoms with E-state index >= 15 is 0 Å². The number of hydrogen-bond acceptors (Lipinski definition) is 5. The number of halogens is 4. The molecule has 0 heterocycles. The second kappa shape index (κ2) is 17.5. The zero-order chi connectivity index (χ0) is 22.9. The fourth-order valence-corrected chi connectivity index (χ4v) is 2.75. The largest absolute Gasteiger partial charge is 0.493 e. The number of rotatable bonds is 16. The summed E-state index contributed by atoms with van der Waals surface area (Å²) in [6, 6.07) is 4.00. The fourth-order valence-electron chi connectivity index (χ4n) is 2.50. The van der Waals surface area contributed by atoms with Crippen molar-refractivity contribution >= 4 is 46.4 Å². The Balaban J connectivity index is 2.37. The Morgan fingerprint density at radius 3 is 2.13 bits per heavy atom. The van der Waals surface area contributed by atoms with Gasteiger partial charge in [0.2, 0.25) is 0 Å². The van der Waals surface area contributed by atoms with Crippen LogP contribution in [0.15, 0.2) is 45.5 Å². The van der Waals surface area contributed by atoms with Gasteiger partial charge in [-0.25, -0.2) is 0 Å². The van der Waals surface area contributed by atoms with Gasteiger partial charge in [-0.1, -0.05) is 60.3 Å². The zero-order valence-corrected chi connectivity index (χ0v) is 20.8. The molecule has 0 aliphatic rings. The normalized spacial score (nSPS) is 10.8. The molecular formula is C22H29Cl4NO4. The Labute approximate surface area is 204 Å². The Hall–Kier alpha value is -1.08. The van der Waals surface area contributed by atoms with Gasteiger partial charge in [-0.15, -0.1) is 0 Å². The van der Waals surface area contributed by atoms with E-state index in [-0.39, 0.29) is 15.6 Å². The summed E-state index contributed by atoms with van der Waals surface area (Å²) in [6.45, 7) is 6.41. The van der Waals surface area contributed by atoms with E-state index in [9.17, 15) is 0 Å². The Kier molecular flexibility index (Phi) is 15.8. The van der Waals surface area contributed by atoms with Crippen molar-refractivity contribution in [2.24, 2.45) is 0 Å². The monoisotopic (exact) mass is 511 g/mol. The van der Waals surface area contributed by atoms with E-state index in [1.54, 1.807) is 12.3 Å². The second-order valence-corrected chi connectivity index (χ2v) is 8.20. The maximum atomic E-state index is 6.07. The number of nitrogens with one attached hydrogen (secondary N) is 1. The molecule has 9 heteroatoms. The lowest BCUT2D eigenvalue weighted by Crippen LogP contribution is -2.08. The average Bonchev–Trinajstić information content (AvgIpc) is 2.74. The number of hydroxylamine groups is 1. The molecule has 0 saturated heterocycles. The third-order valence-corrected chi connectivity index (χ3v) is 4.57. The highest BCUT2D eigenvalue weighted by molar-refractivity contribution is 6.56.